The van der Waals surface area contributed by atoms with Gasteiger partial charge in [-0.15, -0.1) is 10.2 Å². The lowest BCUT2D eigenvalue weighted by atomic mass is 10.2. The third-order valence-electron chi connectivity index (χ3n) is 3.71. The largest absolute Gasteiger partial charge is 0.394 e. The van der Waals surface area contributed by atoms with E-state index < -0.39 is 0 Å². The molecule has 1 N–H and O–H groups in total. The van der Waals surface area contributed by atoms with Crippen LogP contribution in [-0.4, -0.2) is 45.4 Å². The number of hydrogen-bond donors (Lipinski definition) is 1. The summed E-state index contributed by atoms with van der Waals surface area (Å²) in [5, 5.41) is 19.0. The van der Waals surface area contributed by atoms with Crippen LogP contribution in [0, 0.1) is 0 Å². The van der Waals surface area contributed by atoms with Crippen molar-refractivity contribution in [2.75, 3.05) is 25.6 Å². The molecule has 0 fully saturated rings. The lowest BCUT2D eigenvalue weighted by molar-refractivity contribution is 0.103. The van der Waals surface area contributed by atoms with Gasteiger partial charge in [-0.05, 0) is 17.7 Å². The fourth-order valence-electron chi connectivity index (χ4n) is 2.50. The molecule has 1 aromatic heterocycles. The minimum Gasteiger partial charge on any atom is -0.394 e. The van der Waals surface area contributed by atoms with Crippen LogP contribution in [0.1, 0.15) is 5.56 Å². The summed E-state index contributed by atoms with van der Waals surface area (Å²) in [6.45, 7) is 1.59. The van der Waals surface area contributed by atoms with E-state index >= 15 is 0 Å². The maximum absolute atomic E-state index is 8.78. The first-order valence-corrected chi connectivity index (χ1v) is 9.69. The summed E-state index contributed by atoms with van der Waals surface area (Å²) in [4.78, 5) is 0. The molecule has 0 spiro atoms. The monoisotopic (exact) mass is 389 g/mol. The van der Waals surface area contributed by atoms with Gasteiger partial charge in [0.25, 0.3) is 0 Å². The van der Waals surface area contributed by atoms with Gasteiger partial charge in [0.15, 0.2) is 11.0 Å². The molecule has 0 saturated carbocycles. The summed E-state index contributed by atoms with van der Waals surface area (Å²) in [6, 6.07) is 17.8. The van der Waals surface area contributed by atoms with Crippen molar-refractivity contribution in [1.82, 2.24) is 14.8 Å². The molecule has 0 aliphatic heterocycles. The molecule has 0 amide bonds. The van der Waals surface area contributed by atoms with Gasteiger partial charge in [-0.2, -0.15) is 0 Å². The van der Waals surface area contributed by atoms with E-state index in [4.69, 9.17) is 21.4 Å². The number of ether oxygens (including phenoxy) is 1. The Morgan fingerprint density at radius 2 is 1.77 bits per heavy atom. The Balaban J connectivity index is 1.86. The molecule has 26 heavy (non-hydrogen) atoms. The second kappa shape index (κ2) is 9.73. The van der Waals surface area contributed by atoms with Crippen LogP contribution in [0.25, 0.3) is 11.4 Å². The van der Waals surface area contributed by atoms with E-state index in [0.717, 1.165) is 22.3 Å². The van der Waals surface area contributed by atoms with Crippen molar-refractivity contribution in [3.63, 3.8) is 0 Å². The second-order valence-electron chi connectivity index (χ2n) is 5.54. The van der Waals surface area contributed by atoms with E-state index in [1.54, 1.807) is 11.8 Å². The lowest BCUT2D eigenvalue weighted by Gasteiger charge is -2.11. The van der Waals surface area contributed by atoms with Gasteiger partial charge in [0.1, 0.15) is 0 Å². The summed E-state index contributed by atoms with van der Waals surface area (Å²) < 4.78 is 7.40. The molecule has 0 unspecified atom stereocenters. The fourth-order valence-corrected chi connectivity index (χ4v) is 3.51. The molecule has 0 aliphatic rings. The van der Waals surface area contributed by atoms with Crippen molar-refractivity contribution in [3.05, 3.63) is 65.2 Å². The highest BCUT2D eigenvalue weighted by molar-refractivity contribution is 7.99. The number of hydrogen-bond acceptors (Lipinski definition) is 5. The van der Waals surface area contributed by atoms with Crippen molar-refractivity contribution in [1.29, 1.82) is 0 Å². The quantitative estimate of drug-likeness (QED) is 0.446. The van der Waals surface area contributed by atoms with Gasteiger partial charge in [0.05, 0.1) is 31.4 Å². The molecule has 7 heteroatoms. The first kappa shape index (κ1) is 18.9. The number of halogens is 1. The normalized spacial score (nSPS) is 11.0. The third kappa shape index (κ3) is 4.86. The fraction of sp³-hybridized carbons (Fsp3) is 0.263. The Labute approximate surface area is 162 Å². The molecular weight excluding hydrogens is 370 g/mol. The molecule has 1 heterocycles. The van der Waals surface area contributed by atoms with Crippen LogP contribution in [0.4, 0.5) is 0 Å². The number of aliphatic hydroxyl groups is 1. The number of aliphatic hydroxyl groups excluding tert-OH is 1. The zero-order chi connectivity index (χ0) is 18.2. The topological polar surface area (TPSA) is 60.2 Å². The maximum atomic E-state index is 8.78. The SMILES string of the molecule is OCCOCCSc1nnc(-c2ccccc2Cl)n1Cc1ccccc1. The van der Waals surface area contributed by atoms with Crippen molar-refractivity contribution in [3.8, 4) is 11.4 Å². The molecule has 136 valence electrons. The van der Waals surface area contributed by atoms with E-state index in [1.807, 2.05) is 42.5 Å². The summed E-state index contributed by atoms with van der Waals surface area (Å²) in [6.07, 6.45) is 0. The van der Waals surface area contributed by atoms with Crippen molar-refractivity contribution >= 4 is 23.4 Å². The van der Waals surface area contributed by atoms with Gasteiger partial charge in [0.2, 0.25) is 0 Å². The maximum Gasteiger partial charge on any atom is 0.191 e. The highest BCUT2D eigenvalue weighted by Gasteiger charge is 2.16. The molecular formula is C19H20ClN3O2S. The third-order valence-corrected chi connectivity index (χ3v) is 4.97. The van der Waals surface area contributed by atoms with Gasteiger partial charge in [-0.1, -0.05) is 65.8 Å². The average molecular weight is 390 g/mol. The first-order chi connectivity index (χ1) is 12.8. The Kier molecular flexibility index (Phi) is 7.08. The molecule has 0 radical (unpaired) electrons. The van der Waals surface area contributed by atoms with Gasteiger partial charge < -0.3 is 9.84 Å². The van der Waals surface area contributed by atoms with Gasteiger partial charge in [0, 0.05) is 11.3 Å². The lowest BCUT2D eigenvalue weighted by Crippen LogP contribution is -2.06. The smallest absolute Gasteiger partial charge is 0.191 e. The molecule has 0 bridgehead atoms. The summed E-state index contributed by atoms with van der Waals surface area (Å²) >= 11 is 7.95. The average Bonchev–Trinajstić information content (AvgIpc) is 3.05. The van der Waals surface area contributed by atoms with Crippen LogP contribution in [0.15, 0.2) is 59.8 Å². The molecule has 3 rings (SSSR count). The van der Waals surface area contributed by atoms with Gasteiger partial charge >= 0.3 is 0 Å². The summed E-state index contributed by atoms with van der Waals surface area (Å²) in [5.41, 5.74) is 2.03. The van der Waals surface area contributed by atoms with Crippen LogP contribution in [0.5, 0.6) is 0 Å². The molecule has 0 atom stereocenters. The van der Waals surface area contributed by atoms with Crippen LogP contribution >= 0.6 is 23.4 Å². The zero-order valence-corrected chi connectivity index (χ0v) is 15.8. The molecule has 3 aromatic rings. The number of rotatable bonds is 9. The standard InChI is InChI=1S/C19H20ClN3O2S/c20-17-9-5-4-8-16(17)18-21-22-19(26-13-12-25-11-10-24)23(18)14-15-6-2-1-3-7-15/h1-9,24H,10-14H2. The van der Waals surface area contributed by atoms with Crippen LogP contribution < -0.4 is 0 Å². The van der Waals surface area contributed by atoms with Gasteiger partial charge in [-0.3, -0.25) is 4.57 Å². The second-order valence-corrected chi connectivity index (χ2v) is 7.01. The summed E-state index contributed by atoms with van der Waals surface area (Å²) in [7, 11) is 0. The minimum atomic E-state index is 0.0332. The van der Waals surface area contributed by atoms with Crippen LogP contribution in [0.3, 0.4) is 0 Å². The number of aromatic nitrogens is 3. The van der Waals surface area contributed by atoms with Crippen LogP contribution in [0.2, 0.25) is 5.02 Å². The van der Waals surface area contributed by atoms with Crippen molar-refractivity contribution in [2.24, 2.45) is 0 Å². The molecule has 0 saturated heterocycles. The van der Waals surface area contributed by atoms with Gasteiger partial charge in [-0.25, -0.2) is 0 Å². The molecule has 2 aromatic carbocycles. The van der Waals surface area contributed by atoms with E-state index in [0.29, 0.717) is 24.8 Å². The summed E-state index contributed by atoms with van der Waals surface area (Å²) in [5.74, 6) is 1.48. The van der Waals surface area contributed by atoms with Crippen molar-refractivity contribution in [2.45, 2.75) is 11.7 Å². The number of nitrogens with zero attached hydrogens (tertiary/aromatic N) is 3. The van der Waals surface area contributed by atoms with E-state index in [9.17, 15) is 0 Å². The van der Waals surface area contributed by atoms with E-state index in [2.05, 4.69) is 26.9 Å². The van der Waals surface area contributed by atoms with E-state index in [-0.39, 0.29) is 6.61 Å². The van der Waals surface area contributed by atoms with E-state index in [1.165, 1.54) is 5.56 Å². The Hall–Kier alpha value is -1.86. The molecule has 5 nitrogen and oxygen atoms in total. The Bertz CT molecular complexity index is 827. The Morgan fingerprint density at radius 3 is 2.54 bits per heavy atom. The Morgan fingerprint density at radius 1 is 1.00 bits per heavy atom. The highest BCUT2D eigenvalue weighted by Crippen LogP contribution is 2.29. The van der Waals surface area contributed by atoms with Crippen LogP contribution in [-0.2, 0) is 11.3 Å². The highest BCUT2D eigenvalue weighted by atomic mass is 35.5. The minimum absolute atomic E-state index is 0.0332. The predicted octanol–water partition coefficient (Wildman–Crippen LogP) is 3.75. The predicted molar refractivity (Wildman–Crippen MR) is 105 cm³/mol. The molecule has 0 aliphatic carbocycles. The number of benzene rings is 2. The zero-order valence-electron chi connectivity index (χ0n) is 14.2. The number of thioether (sulfide) groups is 1. The first-order valence-electron chi connectivity index (χ1n) is 8.33. The van der Waals surface area contributed by atoms with Crippen molar-refractivity contribution < 1.29 is 9.84 Å².